The highest BCUT2D eigenvalue weighted by atomic mass is 79.9. The van der Waals surface area contributed by atoms with Crippen LogP contribution in [-0.2, 0) is 11.3 Å². The molecule has 2 aliphatic rings. The Morgan fingerprint density at radius 2 is 2.04 bits per heavy atom. The summed E-state index contributed by atoms with van der Waals surface area (Å²) in [6.45, 7) is 7.07. The number of carbonyl (C=O) groups is 1. The molecule has 3 rings (SSSR count). The molecule has 0 aliphatic carbocycles. The van der Waals surface area contributed by atoms with E-state index in [4.69, 9.17) is 0 Å². The molecule has 0 radical (unpaired) electrons. The smallest absolute Gasteiger partial charge is 0.225 e. The maximum absolute atomic E-state index is 13.6. The molecule has 1 aromatic rings. The molecule has 1 aromatic carbocycles. The van der Waals surface area contributed by atoms with Crippen LogP contribution in [0, 0.1) is 11.7 Å². The summed E-state index contributed by atoms with van der Waals surface area (Å²) in [6.07, 6.45) is 1.89. The fourth-order valence-corrected chi connectivity index (χ4v) is 3.88. The van der Waals surface area contributed by atoms with Crippen LogP contribution < -0.4 is 5.32 Å². The summed E-state index contributed by atoms with van der Waals surface area (Å²) in [6, 6.07) is 5.71. The molecule has 2 saturated heterocycles. The lowest BCUT2D eigenvalue weighted by Gasteiger charge is -2.38. The number of piperazine rings is 1. The molecule has 0 unspecified atom stereocenters. The molecule has 0 spiro atoms. The topological polar surface area (TPSA) is 35.6 Å². The largest absolute Gasteiger partial charge is 0.340 e. The summed E-state index contributed by atoms with van der Waals surface area (Å²) < 4.78 is 14.1. The van der Waals surface area contributed by atoms with Gasteiger partial charge in [-0.05, 0) is 59.9 Å². The molecule has 0 saturated carbocycles. The molecule has 140 valence electrons. The van der Waals surface area contributed by atoms with E-state index >= 15 is 0 Å². The highest BCUT2D eigenvalue weighted by molar-refractivity contribution is 9.10. The highest BCUT2D eigenvalue weighted by Crippen LogP contribution is 2.21. The van der Waals surface area contributed by atoms with Crippen LogP contribution in [0.15, 0.2) is 22.7 Å². The molecule has 2 atom stereocenters. The van der Waals surface area contributed by atoms with Crippen molar-refractivity contribution in [1.82, 2.24) is 15.1 Å². The lowest BCUT2D eigenvalue weighted by Crippen LogP contribution is -2.51. The van der Waals surface area contributed by atoms with Gasteiger partial charge in [0.2, 0.25) is 5.91 Å². The Hall–Kier alpha value is -0.690. The summed E-state index contributed by atoms with van der Waals surface area (Å²) in [5.41, 5.74) is 0.975. The minimum Gasteiger partial charge on any atom is -0.340 e. The minimum absolute atomic E-state index is 0. The van der Waals surface area contributed by atoms with E-state index in [1.807, 2.05) is 11.0 Å². The summed E-state index contributed by atoms with van der Waals surface area (Å²) >= 11 is 3.18. The van der Waals surface area contributed by atoms with E-state index in [-0.39, 0.29) is 24.1 Å². The van der Waals surface area contributed by atoms with Crippen molar-refractivity contribution < 1.29 is 9.18 Å². The quantitative estimate of drug-likeness (QED) is 0.794. The summed E-state index contributed by atoms with van der Waals surface area (Å²) in [5, 5.41) is 3.40. The van der Waals surface area contributed by atoms with Crippen LogP contribution in [0.1, 0.15) is 25.3 Å². The van der Waals surface area contributed by atoms with Crippen molar-refractivity contribution in [2.24, 2.45) is 5.92 Å². The molecule has 0 aromatic heterocycles. The van der Waals surface area contributed by atoms with Crippen LogP contribution in [0.3, 0.4) is 0 Å². The number of amides is 1. The van der Waals surface area contributed by atoms with Crippen LogP contribution >= 0.6 is 28.3 Å². The second-order valence-corrected chi connectivity index (χ2v) is 7.78. The van der Waals surface area contributed by atoms with E-state index in [2.05, 4.69) is 33.1 Å². The normalized spacial score (nSPS) is 24.7. The zero-order valence-corrected chi connectivity index (χ0v) is 16.9. The number of piperidine rings is 1. The minimum atomic E-state index is -0.221. The number of carbonyl (C=O) groups excluding carboxylic acids is 1. The highest BCUT2D eigenvalue weighted by Gasteiger charge is 2.30. The molecular weight excluding hydrogens is 409 g/mol. The van der Waals surface area contributed by atoms with E-state index in [0.717, 1.165) is 57.7 Å². The van der Waals surface area contributed by atoms with Crippen LogP contribution in [0.4, 0.5) is 4.39 Å². The monoisotopic (exact) mass is 433 g/mol. The second-order valence-electron chi connectivity index (χ2n) is 6.93. The Balaban J connectivity index is 0.00000225. The van der Waals surface area contributed by atoms with Crippen molar-refractivity contribution in [1.29, 1.82) is 0 Å². The number of nitrogens with zero attached hydrogens (tertiary/aromatic N) is 2. The maximum atomic E-state index is 13.6. The lowest BCUT2D eigenvalue weighted by molar-refractivity contribution is -0.138. The zero-order valence-electron chi connectivity index (χ0n) is 14.5. The molecule has 1 amide bonds. The molecule has 4 nitrogen and oxygen atoms in total. The Labute approximate surface area is 163 Å². The van der Waals surface area contributed by atoms with E-state index < -0.39 is 0 Å². The van der Waals surface area contributed by atoms with Crippen molar-refractivity contribution in [3.8, 4) is 0 Å². The number of rotatable bonds is 3. The van der Waals surface area contributed by atoms with Gasteiger partial charge in [0.05, 0.1) is 4.47 Å². The standard InChI is InChI=1S/C18H25BrFN3O.ClH/c1-13-10-15(4-5-21-13)18(24)23-8-6-22(7-9-23)12-14-2-3-16(19)17(20)11-14;/h2-3,11,13,15,21H,4-10,12H2,1H3;1H/t13-,15-;/m0./s1. The SMILES string of the molecule is C[C@H]1C[C@@H](C(=O)N2CCN(Cc3ccc(Br)c(F)c3)CC2)CCN1.Cl. The van der Waals surface area contributed by atoms with E-state index in [1.165, 1.54) is 0 Å². The Morgan fingerprint density at radius 3 is 2.68 bits per heavy atom. The van der Waals surface area contributed by atoms with Gasteiger partial charge in [0, 0.05) is 44.7 Å². The number of hydrogen-bond acceptors (Lipinski definition) is 3. The van der Waals surface area contributed by atoms with Gasteiger partial charge in [-0.2, -0.15) is 0 Å². The number of benzene rings is 1. The first-order chi connectivity index (χ1) is 11.5. The zero-order chi connectivity index (χ0) is 17.1. The Bertz CT molecular complexity index is 596. The van der Waals surface area contributed by atoms with E-state index in [1.54, 1.807) is 12.1 Å². The number of nitrogens with one attached hydrogen (secondary N) is 1. The molecule has 2 aliphatic heterocycles. The van der Waals surface area contributed by atoms with Gasteiger partial charge in [0.25, 0.3) is 0 Å². The molecule has 0 bridgehead atoms. The van der Waals surface area contributed by atoms with Crippen LogP contribution in [0.5, 0.6) is 0 Å². The van der Waals surface area contributed by atoms with Crippen molar-refractivity contribution in [3.63, 3.8) is 0 Å². The van der Waals surface area contributed by atoms with Gasteiger partial charge in [-0.15, -0.1) is 12.4 Å². The van der Waals surface area contributed by atoms with Crippen LogP contribution in [0.2, 0.25) is 0 Å². The third-order valence-corrected chi connectivity index (χ3v) is 5.69. The van der Waals surface area contributed by atoms with Gasteiger partial charge >= 0.3 is 0 Å². The van der Waals surface area contributed by atoms with Crippen molar-refractivity contribution in [2.75, 3.05) is 32.7 Å². The number of hydrogen-bond donors (Lipinski definition) is 1. The van der Waals surface area contributed by atoms with Gasteiger partial charge in [0.15, 0.2) is 0 Å². The number of halogens is 3. The molecular formula is C18H26BrClFN3O. The first-order valence-corrected chi connectivity index (χ1v) is 9.50. The molecule has 7 heteroatoms. The van der Waals surface area contributed by atoms with Crippen molar-refractivity contribution >= 4 is 34.2 Å². The van der Waals surface area contributed by atoms with Gasteiger partial charge < -0.3 is 10.2 Å². The van der Waals surface area contributed by atoms with Crippen LogP contribution in [0.25, 0.3) is 0 Å². The van der Waals surface area contributed by atoms with E-state index in [0.29, 0.717) is 16.4 Å². The second kappa shape index (κ2) is 9.31. The third kappa shape index (κ3) is 5.39. The van der Waals surface area contributed by atoms with Gasteiger partial charge in [-0.3, -0.25) is 9.69 Å². The first kappa shape index (κ1) is 20.6. The first-order valence-electron chi connectivity index (χ1n) is 8.71. The summed E-state index contributed by atoms with van der Waals surface area (Å²) in [4.78, 5) is 17.0. The van der Waals surface area contributed by atoms with Gasteiger partial charge in [0.1, 0.15) is 5.82 Å². The molecule has 2 heterocycles. The average Bonchev–Trinajstić information content (AvgIpc) is 2.58. The van der Waals surface area contributed by atoms with E-state index in [9.17, 15) is 9.18 Å². The molecule has 1 N–H and O–H groups in total. The Morgan fingerprint density at radius 1 is 1.32 bits per heavy atom. The predicted molar refractivity (Wildman–Crippen MR) is 103 cm³/mol. The van der Waals surface area contributed by atoms with Gasteiger partial charge in [-0.1, -0.05) is 6.07 Å². The van der Waals surface area contributed by atoms with Gasteiger partial charge in [-0.25, -0.2) is 4.39 Å². The van der Waals surface area contributed by atoms with Crippen LogP contribution in [-0.4, -0.2) is 54.5 Å². The molecule has 2 fully saturated rings. The maximum Gasteiger partial charge on any atom is 0.225 e. The fraction of sp³-hybridized carbons (Fsp3) is 0.611. The summed E-state index contributed by atoms with van der Waals surface area (Å²) in [5.74, 6) is 0.271. The lowest BCUT2D eigenvalue weighted by atomic mass is 9.92. The average molecular weight is 435 g/mol. The van der Waals surface area contributed by atoms with Crippen molar-refractivity contribution in [3.05, 3.63) is 34.1 Å². The third-order valence-electron chi connectivity index (χ3n) is 5.05. The summed E-state index contributed by atoms with van der Waals surface area (Å²) in [7, 11) is 0. The fourth-order valence-electron chi connectivity index (χ4n) is 3.64. The molecule has 25 heavy (non-hydrogen) atoms. The van der Waals surface area contributed by atoms with Crippen molar-refractivity contribution in [2.45, 2.75) is 32.4 Å². The Kier molecular flexibility index (Phi) is 7.68. The predicted octanol–water partition coefficient (Wildman–Crippen LogP) is 3.04.